The van der Waals surface area contributed by atoms with Gasteiger partial charge in [-0.2, -0.15) is 0 Å². The fourth-order valence-corrected chi connectivity index (χ4v) is 3.42. The van der Waals surface area contributed by atoms with E-state index in [2.05, 4.69) is 0 Å². The van der Waals surface area contributed by atoms with Gasteiger partial charge in [-0.25, -0.2) is 38.4 Å². The molecule has 0 fully saturated rings. The summed E-state index contributed by atoms with van der Waals surface area (Å²) >= 11 is 0. The van der Waals surface area contributed by atoms with Gasteiger partial charge in [0, 0.05) is 6.92 Å². The van der Waals surface area contributed by atoms with Crippen molar-refractivity contribution in [1.29, 1.82) is 0 Å². The zero-order valence-electron chi connectivity index (χ0n) is 26.4. The molecule has 0 amide bonds. The zero-order valence-corrected chi connectivity index (χ0v) is 26.4. The number of hydrogen-bond donors (Lipinski definition) is 9. The Hall–Kier alpha value is -7.89. The maximum atomic E-state index is 10.5. The van der Waals surface area contributed by atoms with Crippen LogP contribution in [0.4, 0.5) is 0 Å². The van der Waals surface area contributed by atoms with Gasteiger partial charge in [-0.05, 0) is 48.5 Å². The Labute approximate surface area is 291 Å². The molecule has 0 heterocycles. The van der Waals surface area contributed by atoms with Gasteiger partial charge in [0.25, 0.3) is 5.97 Å². The van der Waals surface area contributed by atoms with Crippen molar-refractivity contribution in [1.82, 2.24) is 0 Å². The van der Waals surface area contributed by atoms with Crippen LogP contribution in [0, 0.1) is 0 Å². The fraction of sp³-hybridized carbons (Fsp3) is 0.0294. The summed E-state index contributed by atoms with van der Waals surface area (Å²) in [6.45, 7) is 1.08. The van der Waals surface area contributed by atoms with Gasteiger partial charge in [-0.3, -0.25) is 4.79 Å². The van der Waals surface area contributed by atoms with Crippen LogP contribution in [0.3, 0.4) is 0 Å². The Morgan fingerprint density at radius 3 is 0.404 bits per heavy atom. The first-order valence-electron chi connectivity index (χ1n) is 13.7. The quantitative estimate of drug-likeness (QED) is 0.121. The predicted octanol–water partition coefficient (Wildman–Crippen LogP) is 4.42. The second-order valence-electron chi connectivity index (χ2n) is 9.14. The van der Waals surface area contributed by atoms with Crippen LogP contribution in [-0.4, -0.2) is 99.7 Å². The molecule has 272 valence electrons. The average molecular weight is 725 g/mol. The summed E-state index contributed by atoms with van der Waals surface area (Å²) in [6.07, 6.45) is 0. The highest BCUT2D eigenvalue weighted by molar-refractivity contribution is 6.03. The highest BCUT2D eigenvalue weighted by Gasteiger charge is 2.16. The zero-order chi connectivity index (χ0) is 40.1. The maximum Gasteiger partial charge on any atom is 0.336 e. The molecule has 0 saturated heterocycles. The minimum absolute atomic E-state index is 0.190. The standard InChI is InChI=1S/4C8H6O4.C2H4O2/c4*9-7(10)5-3-1-2-4-6(5)8(11)12;1-2(3)4/h4*1-4H,(H,9,10)(H,11,12);1H3,(H,3,4). The second kappa shape index (κ2) is 21.9. The van der Waals surface area contributed by atoms with Gasteiger partial charge in [0.1, 0.15) is 0 Å². The van der Waals surface area contributed by atoms with Crippen LogP contribution in [0.2, 0.25) is 0 Å². The van der Waals surface area contributed by atoms with Gasteiger partial charge >= 0.3 is 47.8 Å². The lowest BCUT2D eigenvalue weighted by atomic mass is 10.1. The normalized spacial score (nSPS) is 9.10. The minimum atomic E-state index is -1.23. The van der Waals surface area contributed by atoms with Crippen molar-refractivity contribution >= 4 is 53.7 Å². The lowest BCUT2D eigenvalue weighted by molar-refractivity contribution is -0.134. The van der Waals surface area contributed by atoms with E-state index >= 15 is 0 Å². The third kappa shape index (κ3) is 15.3. The lowest BCUT2D eigenvalue weighted by Crippen LogP contribution is -2.06. The molecule has 0 aliphatic carbocycles. The molecule has 0 aliphatic heterocycles. The van der Waals surface area contributed by atoms with Crippen molar-refractivity contribution in [3.05, 3.63) is 142 Å². The molecule has 4 aromatic carbocycles. The van der Waals surface area contributed by atoms with Gasteiger partial charge < -0.3 is 46.0 Å². The number of aliphatic carboxylic acids is 1. The fourth-order valence-electron chi connectivity index (χ4n) is 3.42. The Bertz CT molecular complexity index is 1560. The highest BCUT2D eigenvalue weighted by Crippen LogP contribution is 2.10. The average Bonchev–Trinajstić information content (AvgIpc) is 3.08. The van der Waals surface area contributed by atoms with Crippen LogP contribution in [-0.2, 0) is 4.79 Å². The lowest BCUT2D eigenvalue weighted by Gasteiger charge is -1.98. The van der Waals surface area contributed by atoms with Gasteiger partial charge in [-0.1, -0.05) is 48.5 Å². The van der Waals surface area contributed by atoms with E-state index in [4.69, 9.17) is 50.8 Å². The number of carboxylic acid groups (broad SMARTS) is 9. The molecule has 18 nitrogen and oxygen atoms in total. The van der Waals surface area contributed by atoms with Crippen molar-refractivity contribution in [3.63, 3.8) is 0 Å². The van der Waals surface area contributed by atoms with Crippen LogP contribution < -0.4 is 0 Å². The summed E-state index contributed by atoms with van der Waals surface area (Å²) in [6, 6.07) is 21.9. The molecule has 0 aliphatic rings. The first-order chi connectivity index (χ1) is 24.2. The molecular weight excluding hydrogens is 696 g/mol. The van der Waals surface area contributed by atoms with E-state index in [1.807, 2.05) is 0 Å². The molecule has 18 heteroatoms. The van der Waals surface area contributed by atoms with Crippen molar-refractivity contribution in [2.75, 3.05) is 0 Å². The van der Waals surface area contributed by atoms with Crippen molar-refractivity contribution in [2.24, 2.45) is 0 Å². The highest BCUT2D eigenvalue weighted by atomic mass is 16.4. The topological polar surface area (TPSA) is 336 Å². The first kappa shape index (κ1) is 44.1. The van der Waals surface area contributed by atoms with Crippen molar-refractivity contribution in [2.45, 2.75) is 6.92 Å². The van der Waals surface area contributed by atoms with E-state index in [-0.39, 0.29) is 44.5 Å². The molecule has 0 saturated carbocycles. The van der Waals surface area contributed by atoms with Gasteiger partial charge in [0.2, 0.25) is 0 Å². The van der Waals surface area contributed by atoms with Crippen LogP contribution in [0.15, 0.2) is 97.1 Å². The van der Waals surface area contributed by atoms with Crippen LogP contribution in [0.25, 0.3) is 0 Å². The summed E-state index contributed by atoms with van der Waals surface area (Å²) in [5.41, 5.74) is -1.52. The summed E-state index contributed by atoms with van der Waals surface area (Å²) in [7, 11) is 0. The summed E-state index contributed by atoms with van der Waals surface area (Å²) in [5, 5.41) is 75.8. The van der Waals surface area contributed by atoms with Crippen LogP contribution in [0.5, 0.6) is 0 Å². The Balaban J connectivity index is 0.000000644. The number of benzene rings is 4. The third-order valence-corrected chi connectivity index (χ3v) is 5.55. The van der Waals surface area contributed by atoms with Crippen molar-refractivity contribution < 1.29 is 89.1 Å². The Kier molecular flexibility index (Phi) is 18.6. The number of aromatic carboxylic acids is 8. The number of carbonyl (C=O) groups is 9. The number of rotatable bonds is 8. The molecule has 52 heavy (non-hydrogen) atoms. The maximum absolute atomic E-state index is 10.5. The van der Waals surface area contributed by atoms with E-state index < -0.39 is 53.7 Å². The molecule has 0 spiro atoms. The molecule has 0 aromatic heterocycles. The predicted molar refractivity (Wildman–Crippen MR) is 175 cm³/mol. The largest absolute Gasteiger partial charge is 0.481 e. The molecule has 4 rings (SSSR count). The third-order valence-electron chi connectivity index (χ3n) is 5.55. The van der Waals surface area contributed by atoms with Gasteiger partial charge in [-0.15, -0.1) is 0 Å². The summed E-state index contributed by atoms with van der Waals surface area (Å²) < 4.78 is 0. The van der Waals surface area contributed by atoms with E-state index in [0.717, 1.165) is 6.92 Å². The first-order valence-corrected chi connectivity index (χ1v) is 13.7. The molecule has 0 radical (unpaired) electrons. The van der Waals surface area contributed by atoms with E-state index in [1.54, 1.807) is 0 Å². The second-order valence-corrected chi connectivity index (χ2v) is 9.14. The Morgan fingerprint density at radius 2 is 0.346 bits per heavy atom. The number of hydrogen-bond acceptors (Lipinski definition) is 9. The Morgan fingerprint density at radius 1 is 0.269 bits per heavy atom. The smallest absolute Gasteiger partial charge is 0.336 e. The van der Waals surface area contributed by atoms with Gasteiger partial charge in [0.05, 0.1) is 44.5 Å². The van der Waals surface area contributed by atoms with E-state index in [9.17, 15) is 38.4 Å². The number of carboxylic acids is 9. The minimum Gasteiger partial charge on any atom is -0.481 e. The molecule has 0 bridgehead atoms. The van der Waals surface area contributed by atoms with Crippen LogP contribution >= 0.6 is 0 Å². The molecule has 0 unspecified atom stereocenters. The summed E-state index contributed by atoms with van der Waals surface area (Å²) in [5.74, 6) is -10.7. The van der Waals surface area contributed by atoms with Crippen molar-refractivity contribution in [3.8, 4) is 0 Å². The molecular formula is C34H28O18. The van der Waals surface area contributed by atoms with E-state index in [0.29, 0.717) is 0 Å². The molecule has 4 aromatic rings. The summed E-state index contributed by atoms with van der Waals surface area (Å²) in [4.78, 5) is 92.7. The van der Waals surface area contributed by atoms with Gasteiger partial charge in [0.15, 0.2) is 0 Å². The molecule has 9 N–H and O–H groups in total. The SMILES string of the molecule is CC(=O)O.O=C(O)c1ccccc1C(=O)O.O=C(O)c1ccccc1C(=O)O.O=C(O)c1ccccc1C(=O)O.O=C(O)c1ccccc1C(=O)O. The monoisotopic (exact) mass is 724 g/mol. The van der Waals surface area contributed by atoms with Crippen LogP contribution in [0.1, 0.15) is 89.8 Å². The van der Waals surface area contributed by atoms with E-state index in [1.165, 1.54) is 97.1 Å². The molecule has 0 atom stereocenters.